The second-order valence-electron chi connectivity index (χ2n) is 5.08. The summed E-state index contributed by atoms with van der Waals surface area (Å²) in [6.07, 6.45) is 12.8. The second kappa shape index (κ2) is 10.5. The molecule has 0 aliphatic heterocycles. The molecule has 0 unspecified atom stereocenters. The molecule has 0 saturated carbocycles. The highest BCUT2D eigenvalue weighted by molar-refractivity contribution is 6.10. The van der Waals surface area contributed by atoms with Crippen LogP contribution in [0.2, 0.25) is 0 Å². The van der Waals surface area contributed by atoms with Crippen molar-refractivity contribution in [2.75, 3.05) is 0 Å². The first-order chi connectivity index (χ1) is 12.1. The van der Waals surface area contributed by atoms with Gasteiger partial charge in [0.1, 0.15) is 0 Å². The number of hydrogen-bond donors (Lipinski definition) is 0. The lowest BCUT2D eigenvalue weighted by atomic mass is 10.1. The number of rotatable bonds is 10. The van der Waals surface area contributed by atoms with Crippen LogP contribution in [0, 0.1) is 0 Å². The molecular formula is C23H24N2. The molecule has 1 heterocycles. The van der Waals surface area contributed by atoms with Gasteiger partial charge >= 0.3 is 0 Å². The zero-order valence-corrected chi connectivity index (χ0v) is 14.6. The first kappa shape index (κ1) is 19.8. The van der Waals surface area contributed by atoms with E-state index in [1.165, 1.54) is 0 Å². The molecule has 0 aromatic carbocycles. The van der Waals surface area contributed by atoms with Gasteiger partial charge < -0.3 is 0 Å². The van der Waals surface area contributed by atoms with Crippen LogP contribution in [-0.4, -0.2) is 10.7 Å². The van der Waals surface area contributed by atoms with Gasteiger partial charge in [-0.15, -0.1) is 0 Å². The Morgan fingerprint density at radius 1 is 0.960 bits per heavy atom. The number of allylic oxidation sites excluding steroid dienone is 10. The van der Waals surface area contributed by atoms with Crippen molar-refractivity contribution in [3.05, 3.63) is 123 Å². The van der Waals surface area contributed by atoms with Crippen LogP contribution < -0.4 is 0 Å². The van der Waals surface area contributed by atoms with E-state index < -0.39 is 0 Å². The second-order valence-corrected chi connectivity index (χ2v) is 5.08. The van der Waals surface area contributed by atoms with E-state index in [4.69, 9.17) is 0 Å². The smallest absolute Gasteiger partial charge is 0.0705 e. The van der Waals surface area contributed by atoms with Gasteiger partial charge in [0.15, 0.2) is 0 Å². The van der Waals surface area contributed by atoms with Gasteiger partial charge in [0.2, 0.25) is 0 Å². The van der Waals surface area contributed by atoms with E-state index in [1.54, 1.807) is 30.4 Å². The molecule has 2 nitrogen and oxygen atoms in total. The van der Waals surface area contributed by atoms with E-state index in [9.17, 15) is 0 Å². The van der Waals surface area contributed by atoms with Gasteiger partial charge in [-0.3, -0.25) is 9.98 Å². The SMILES string of the molecule is C=CC=C(C=C)c1cccc(CC(=C)N=C(C=C)/C(C=C)=C/C=C)n1. The van der Waals surface area contributed by atoms with Gasteiger partial charge in [0.05, 0.1) is 11.4 Å². The molecule has 0 N–H and O–H groups in total. The zero-order chi connectivity index (χ0) is 18.7. The maximum atomic E-state index is 4.64. The van der Waals surface area contributed by atoms with Crippen molar-refractivity contribution in [3.8, 4) is 0 Å². The Labute approximate surface area is 151 Å². The highest BCUT2D eigenvalue weighted by atomic mass is 14.8. The fourth-order valence-corrected chi connectivity index (χ4v) is 2.16. The average molecular weight is 328 g/mol. The molecule has 0 fully saturated rings. The maximum Gasteiger partial charge on any atom is 0.0705 e. The largest absolute Gasteiger partial charge is 0.253 e. The topological polar surface area (TPSA) is 25.2 Å². The lowest BCUT2D eigenvalue weighted by molar-refractivity contribution is 1.03. The minimum atomic E-state index is 0.530. The standard InChI is InChI=1S/C23H24N2/c1-7-13-19(9-3)22(11-5)24-18(6)17-21-15-12-16-23(25-21)20(10-4)14-8-2/h7-16H,1-6,17H2/b19-13+,20-14?,24-22?. The molecule has 0 amide bonds. The van der Waals surface area contributed by atoms with E-state index in [-0.39, 0.29) is 0 Å². The summed E-state index contributed by atoms with van der Waals surface area (Å²) in [6.45, 7) is 22.8. The van der Waals surface area contributed by atoms with Crippen molar-refractivity contribution in [2.45, 2.75) is 6.42 Å². The Balaban J connectivity index is 3.08. The van der Waals surface area contributed by atoms with Crippen molar-refractivity contribution in [3.63, 3.8) is 0 Å². The molecule has 1 aromatic rings. The van der Waals surface area contributed by atoms with E-state index in [0.29, 0.717) is 17.8 Å². The normalized spacial score (nSPS) is 12.2. The molecule has 1 rings (SSSR count). The van der Waals surface area contributed by atoms with Crippen molar-refractivity contribution in [2.24, 2.45) is 4.99 Å². The third-order valence-electron chi connectivity index (χ3n) is 3.29. The Kier molecular flexibility index (Phi) is 8.31. The summed E-state index contributed by atoms with van der Waals surface area (Å²) in [4.78, 5) is 9.18. The summed E-state index contributed by atoms with van der Waals surface area (Å²) in [6, 6.07) is 5.83. The predicted octanol–water partition coefficient (Wildman–Crippen LogP) is 5.82. The Morgan fingerprint density at radius 2 is 1.68 bits per heavy atom. The van der Waals surface area contributed by atoms with Crippen LogP contribution in [0.5, 0.6) is 0 Å². The van der Waals surface area contributed by atoms with Crippen LogP contribution >= 0.6 is 0 Å². The molecular weight excluding hydrogens is 304 g/mol. The number of aromatic nitrogens is 1. The minimum Gasteiger partial charge on any atom is -0.253 e. The molecule has 0 spiro atoms. The van der Waals surface area contributed by atoms with Crippen LogP contribution in [0.25, 0.3) is 5.57 Å². The van der Waals surface area contributed by atoms with Gasteiger partial charge in [-0.25, -0.2) is 0 Å². The van der Waals surface area contributed by atoms with E-state index in [1.807, 2.05) is 30.4 Å². The number of aliphatic imine (C=N–C) groups is 1. The third kappa shape index (κ3) is 6.04. The van der Waals surface area contributed by atoms with E-state index >= 15 is 0 Å². The highest BCUT2D eigenvalue weighted by Crippen LogP contribution is 2.16. The van der Waals surface area contributed by atoms with E-state index in [0.717, 1.165) is 22.5 Å². The molecule has 0 bridgehead atoms. The molecule has 1 aromatic heterocycles. The molecule has 0 aliphatic carbocycles. The lowest BCUT2D eigenvalue weighted by Crippen LogP contribution is -2.00. The number of hydrogen-bond acceptors (Lipinski definition) is 2. The zero-order valence-electron chi connectivity index (χ0n) is 14.6. The van der Waals surface area contributed by atoms with Crippen molar-refractivity contribution in [1.82, 2.24) is 4.98 Å². The maximum absolute atomic E-state index is 4.64. The van der Waals surface area contributed by atoms with Crippen LogP contribution in [-0.2, 0) is 6.42 Å². The first-order valence-corrected chi connectivity index (χ1v) is 7.85. The molecule has 2 heteroatoms. The monoisotopic (exact) mass is 328 g/mol. The summed E-state index contributed by atoms with van der Waals surface area (Å²) >= 11 is 0. The summed E-state index contributed by atoms with van der Waals surface area (Å²) in [5.41, 5.74) is 4.86. The van der Waals surface area contributed by atoms with Crippen LogP contribution in [0.3, 0.4) is 0 Å². The Bertz CT molecular complexity index is 786. The average Bonchev–Trinajstić information content (AvgIpc) is 2.62. The molecule has 0 radical (unpaired) electrons. The summed E-state index contributed by atoms with van der Waals surface area (Å²) < 4.78 is 0. The molecule has 0 aliphatic rings. The molecule has 0 atom stereocenters. The van der Waals surface area contributed by atoms with Gasteiger partial charge in [-0.2, -0.15) is 0 Å². The number of pyridine rings is 1. The van der Waals surface area contributed by atoms with Crippen molar-refractivity contribution < 1.29 is 0 Å². The van der Waals surface area contributed by atoms with Gasteiger partial charge in [0, 0.05) is 17.8 Å². The molecule has 0 saturated heterocycles. The third-order valence-corrected chi connectivity index (χ3v) is 3.29. The lowest BCUT2D eigenvalue weighted by Gasteiger charge is -2.07. The fraction of sp³-hybridized carbons (Fsp3) is 0.0435. The Morgan fingerprint density at radius 3 is 2.24 bits per heavy atom. The number of nitrogens with zero attached hydrogens (tertiary/aromatic N) is 2. The van der Waals surface area contributed by atoms with Crippen LogP contribution in [0.15, 0.2) is 116 Å². The minimum absolute atomic E-state index is 0.530. The van der Waals surface area contributed by atoms with Gasteiger partial charge in [-0.1, -0.05) is 82.0 Å². The van der Waals surface area contributed by atoms with Crippen molar-refractivity contribution >= 4 is 11.3 Å². The highest BCUT2D eigenvalue weighted by Gasteiger charge is 2.04. The van der Waals surface area contributed by atoms with Crippen LogP contribution in [0.1, 0.15) is 11.4 Å². The fourth-order valence-electron chi connectivity index (χ4n) is 2.16. The van der Waals surface area contributed by atoms with Gasteiger partial charge in [-0.05, 0) is 29.4 Å². The summed E-state index contributed by atoms with van der Waals surface area (Å²) in [5.74, 6) is 0. The van der Waals surface area contributed by atoms with Gasteiger partial charge in [0.25, 0.3) is 0 Å². The first-order valence-electron chi connectivity index (χ1n) is 7.85. The summed E-state index contributed by atoms with van der Waals surface area (Å²) in [5, 5.41) is 0. The quantitative estimate of drug-likeness (QED) is 0.392. The van der Waals surface area contributed by atoms with Crippen LogP contribution in [0.4, 0.5) is 0 Å². The predicted molar refractivity (Wildman–Crippen MR) is 112 cm³/mol. The summed E-state index contributed by atoms with van der Waals surface area (Å²) in [7, 11) is 0. The molecule has 126 valence electrons. The Hall–Kier alpha value is -3.26. The van der Waals surface area contributed by atoms with Crippen molar-refractivity contribution in [1.29, 1.82) is 0 Å². The van der Waals surface area contributed by atoms with E-state index in [2.05, 4.69) is 49.4 Å². The molecule has 25 heavy (non-hydrogen) atoms.